The molecule has 7 rings (SSSR count). The molecule has 0 aromatic heterocycles. The zero-order valence-electron chi connectivity index (χ0n) is 19.2. The Morgan fingerprint density at radius 1 is 1.06 bits per heavy atom. The molecule has 2 saturated heterocycles. The summed E-state index contributed by atoms with van der Waals surface area (Å²) in [6.45, 7) is 10.4. The largest absolute Gasteiger partial charge is 0.465 e. The van der Waals surface area contributed by atoms with Crippen LogP contribution in [0.2, 0.25) is 0 Å². The topological polar surface area (TPSA) is 72.9 Å². The average molecular weight is 442 g/mol. The number of carbonyl (C=O) groups is 3. The number of rotatable bonds is 2. The molecule has 174 valence electrons. The minimum absolute atomic E-state index is 0.0508. The van der Waals surface area contributed by atoms with Gasteiger partial charge >= 0.3 is 5.97 Å². The van der Waals surface area contributed by atoms with Gasteiger partial charge in [0.1, 0.15) is 0 Å². The molecule has 7 fully saturated rings. The first kappa shape index (κ1) is 21.0. The van der Waals surface area contributed by atoms with E-state index in [0.29, 0.717) is 38.4 Å². The van der Waals surface area contributed by atoms with Crippen molar-refractivity contribution in [2.45, 2.75) is 51.9 Å². The lowest BCUT2D eigenvalue weighted by molar-refractivity contribution is -0.210. The molecule has 5 aliphatic carbocycles. The van der Waals surface area contributed by atoms with Gasteiger partial charge in [0.2, 0.25) is 0 Å². The minimum Gasteiger partial charge on any atom is -0.465 e. The Morgan fingerprint density at radius 2 is 1.84 bits per heavy atom. The maximum absolute atomic E-state index is 14.5. The van der Waals surface area contributed by atoms with Gasteiger partial charge in [-0.3, -0.25) is 19.3 Å². The third-order valence-electron chi connectivity index (χ3n) is 10.5. The van der Waals surface area contributed by atoms with E-state index in [1.54, 1.807) is 0 Å². The molecule has 7 atom stereocenters. The molecule has 0 amide bonds. The summed E-state index contributed by atoms with van der Waals surface area (Å²) in [7, 11) is 0. The van der Waals surface area contributed by atoms with Crippen LogP contribution in [0.1, 0.15) is 51.9 Å². The summed E-state index contributed by atoms with van der Waals surface area (Å²) in [5.74, 6) is -0.550. The number of allylic oxidation sites excluding steroid dienone is 1. The maximum Gasteiger partial charge on any atom is 0.312 e. The zero-order valence-corrected chi connectivity index (χ0v) is 19.2. The molecule has 0 radical (unpaired) electrons. The van der Waals surface area contributed by atoms with E-state index >= 15 is 0 Å². The SMILES string of the molecule is C=C1C(=O)[C@]23CC[C@H]1CC2[C@@]12CCC[C@@](C)(CCOC1=O)C2C(CN1CCOCC1)C3=O. The molecule has 6 nitrogen and oxygen atoms in total. The molecule has 2 heterocycles. The smallest absolute Gasteiger partial charge is 0.312 e. The van der Waals surface area contributed by atoms with Crippen molar-refractivity contribution in [3.8, 4) is 0 Å². The van der Waals surface area contributed by atoms with Crippen LogP contribution >= 0.6 is 0 Å². The molecule has 7 aliphatic rings. The normalized spacial score (nSPS) is 48.7. The van der Waals surface area contributed by atoms with Crippen LogP contribution in [0.25, 0.3) is 0 Å². The van der Waals surface area contributed by atoms with Crippen molar-refractivity contribution in [1.29, 1.82) is 0 Å². The van der Waals surface area contributed by atoms with E-state index in [1.165, 1.54) is 0 Å². The van der Waals surface area contributed by atoms with Gasteiger partial charge in [0.05, 0.1) is 30.7 Å². The number of morpholine rings is 1. The predicted molar refractivity (Wildman–Crippen MR) is 117 cm³/mol. The van der Waals surface area contributed by atoms with Gasteiger partial charge in [0.15, 0.2) is 11.6 Å². The Bertz CT molecular complexity index is 893. The molecule has 32 heavy (non-hydrogen) atoms. The number of ether oxygens (including phenoxy) is 2. The van der Waals surface area contributed by atoms with Crippen molar-refractivity contribution in [2.24, 2.45) is 39.9 Å². The number of hydrogen-bond acceptors (Lipinski definition) is 6. The molecule has 0 aromatic rings. The van der Waals surface area contributed by atoms with Gasteiger partial charge in [0.25, 0.3) is 0 Å². The van der Waals surface area contributed by atoms with Gasteiger partial charge in [-0.25, -0.2) is 0 Å². The lowest BCUT2D eigenvalue weighted by Gasteiger charge is -2.67. The van der Waals surface area contributed by atoms with Crippen LogP contribution in [-0.2, 0) is 23.9 Å². The van der Waals surface area contributed by atoms with Crippen LogP contribution in [0.5, 0.6) is 0 Å². The van der Waals surface area contributed by atoms with Crippen LogP contribution < -0.4 is 0 Å². The van der Waals surface area contributed by atoms with E-state index in [1.807, 2.05) is 0 Å². The number of nitrogens with zero attached hydrogens (tertiary/aromatic N) is 1. The van der Waals surface area contributed by atoms with E-state index in [-0.39, 0.29) is 46.6 Å². The van der Waals surface area contributed by atoms with Gasteiger partial charge in [-0.05, 0) is 67.3 Å². The zero-order chi connectivity index (χ0) is 22.3. The van der Waals surface area contributed by atoms with Crippen LogP contribution in [0.4, 0.5) is 0 Å². The first-order valence-corrected chi connectivity index (χ1v) is 12.6. The van der Waals surface area contributed by atoms with Crippen molar-refractivity contribution in [3.63, 3.8) is 0 Å². The van der Waals surface area contributed by atoms with Gasteiger partial charge in [0, 0.05) is 25.6 Å². The quantitative estimate of drug-likeness (QED) is 0.373. The van der Waals surface area contributed by atoms with Crippen LogP contribution in [0.3, 0.4) is 0 Å². The fraction of sp³-hybridized carbons (Fsp3) is 0.808. The Kier molecular flexibility index (Phi) is 4.59. The molecule has 6 heteroatoms. The number of ketones is 2. The van der Waals surface area contributed by atoms with E-state index in [2.05, 4.69) is 18.4 Å². The highest BCUT2D eigenvalue weighted by Gasteiger charge is 2.77. The lowest BCUT2D eigenvalue weighted by Crippen LogP contribution is -2.73. The monoisotopic (exact) mass is 441 g/mol. The fourth-order valence-electron chi connectivity index (χ4n) is 9.15. The lowest BCUT2D eigenvalue weighted by atomic mass is 9.33. The number of fused-ring (bicyclic) bond motifs is 2. The fourth-order valence-corrected chi connectivity index (χ4v) is 9.15. The van der Waals surface area contributed by atoms with Gasteiger partial charge in [-0.15, -0.1) is 0 Å². The van der Waals surface area contributed by atoms with E-state index in [4.69, 9.17) is 9.47 Å². The summed E-state index contributed by atoms with van der Waals surface area (Å²) in [4.78, 5) is 44.5. The molecular weight excluding hydrogens is 406 g/mol. The first-order valence-electron chi connectivity index (χ1n) is 12.6. The van der Waals surface area contributed by atoms with Gasteiger partial charge in [-0.1, -0.05) is 19.9 Å². The summed E-state index contributed by atoms with van der Waals surface area (Å²) >= 11 is 0. The number of cyclic esters (lactones) is 1. The second-order valence-electron chi connectivity index (χ2n) is 11.6. The minimum atomic E-state index is -1.07. The molecule has 0 aromatic carbocycles. The third kappa shape index (κ3) is 2.46. The summed E-state index contributed by atoms with van der Waals surface area (Å²) in [6, 6.07) is 0. The van der Waals surface area contributed by atoms with E-state index in [0.717, 1.165) is 51.6 Å². The Balaban J connectivity index is 1.54. The highest BCUT2D eigenvalue weighted by Crippen LogP contribution is 2.72. The number of carbonyl (C=O) groups excluding carboxylic acids is 3. The van der Waals surface area contributed by atoms with E-state index < -0.39 is 10.8 Å². The van der Waals surface area contributed by atoms with Gasteiger partial charge < -0.3 is 9.47 Å². The van der Waals surface area contributed by atoms with Crippen molar-refractivity contribution >= 4 is 17.5 Å². The molecular formula is C26H35NO5. The number of hydrogen-bond donors (Lipinski definition) is 0. The Hall–Kier alpha value is -1.53. The highest BCUT2D eigenvalue weighted by atomic mass is 16.5. The molecule has 1 spiro atoms. The van der Waals surface area contributed by atoms with Crippen molar-refractivity contribution in [2.75, 3.05) is 39.5 Å². The Labute approximate surface area is 190 Å². The third-order valence-corrected chi connectivity index (χ3v) is 10.5. The summed E-state index contributed by atoms with van der Waals surface area (Å²) in [5, 5.41) is 0. The second kappa shape index (κ2) is 6.99. The van der Waals surface area contributed by atoms with Crippen LogP contribution in [0, 0.1) is 39.9 Å². The predicted octanol–water partition coefficient (Wildman–Crippen LogP) is 2.80. The standard InChI is InChI=1S/C26H35NO5/c1-16-17-4-7-26(21(16)28)19(14-17)25-6-3-5-24(2,8-11-32-23(25)30)20(25)18(22(26)29)15-27-9-12-31-13-10-27/h17-20H,1,3-15H2,2H3/t17-,18?,19?,20?,24-,25+,26-/m0/s1. The Morgan fingerprint density at radius 3 is 2.62 bits per heavy atom. The maximum atomic E-state index is 14.5. The van der Waals surface area contributed by atoms with Crippen LogP contribution in [0.15, 0.2) is 12.2 Å². The van der Waals surface area contributed by atoms with E-state index in [9.17, 15) is 14.4 Å². The molecule has 2 aliphatic heterocycles. The summed E-state index contributed by atoms with van der Waals surface area (Å²) in [5.41, 5.74) is -1.28. The van der Waals surface area contributed by atoms with Crippen LogP contribution in [-0.4, -0.2) is 61.9 Å². The molecule has 0 N–H and O–H groups in total. The average Bonchev–Trinajstić information content (AvgIpc) is 2.85. The van der Waals surface area contributed by atoms with Crippen molar-refractivity contribution in [1.82, 2.24) is 4.90 Å². The first-order chi connectivity index (χ1) is 15.3. The molecule has 5 saturated carbocycles. The molecule has 4 bridgehead atoms. The van der Waals surface area contributed by atoms with Crippen molar-refractivity contribution < 1.29 is 23.9 Å². The van der Waals surface area contributed by atoms with Crippen molar-refractivity contribution in [3.05, 3.63) is 12.2 Å². The second-order valence-corrected chi connectivity index (χ2v) is 11.6. The molecule has 3 unspecified atom stereocenters. The summed E-state index contributed by atoms with van der Waals surface area (Å²) in [6.07, 6.45) is 5.70. The highest BCUT2D eigenvalue weighted by molar-refractivity contribution is 6.17. The summed E-state index contributed by atoms with van der Waals surface area (Å²) < 4.78 is 11.5. The number of Topliss-reactive ketones (excluding diaryl/α,β-unsaturated/α-hetero) is 2. The van der Waals surface area contributed by atoms with Gasteiger partial charge in [-0.2, -0.15) is 0 Å². The number of esters is 1.